The van der Waals surface area contributed by atoms with E-state index in [4.69, 9.17) is 13.7 Å². The van der Waals surface area contributed by atoms with E-state index < -0.39 is 16.6 Å². The first-order chi connectivity index (χ1) is 15.4. The Kier molecular flexibility index (Phi) is 6.34. The Balaban J connectivity index is 1.73. The maximum absolute atomic E-state index is 7.05. The lowest BCUT2D eigenvalue weighted by Crippen LogP contribution is -2.53. The van der Waals surface area contributed by atoms with Crippen LogP contribution in [-0.4, -0.2) is 35.6 Å². The van der Waals surface area contributed by atoms with Gasteiger partial charge in [0, 0.05) is 18.1 Å². The van der Waals surface area contributed by atoms with Crippen LogP contribution in [0.1, 0.15) is 49.7 Å². The molecular weight excluding hydrogens is 442 g/mol. The molecule has 0 radical (unpaired) electrons. The zero-order valence-electron chi connectivity index (χ0n) is 21.7. The predicted octanol–water partition coefficient (Wildman–Crippen LogP) is 7.50. The molecule has 1 saturated carbocycles. The topological polar surface area (TPSA) is 40.0 Å². The fourth-order valence-electron chi connectivity index (χ4n) is 6.39. The maximum atomic E-state index is 7.05. The fraction of sp³-hybridized carbons (Fsp3) is 0.593. The number of rotatable bonds is 7. The zero-order valence-corrected chi connectivity index (χ0v) is 23.7. The van der Waals surface area contributed by atoms with Gasteiger partial charge < -0.3 is 13.7 Å². The third-order valence-electron chi connectivity index (χ3n) is 7.58. The lowest BCUT2D eigenvalue weighted by Gasteiger charge is -2.51. The van der Waals surface area contributed by atoms with Gasteiger partial charge in [-0.15, -0.1) is 0 Å². The number of hydrogen-bond acceptors (Lipinski definition) is 4. The molecule has 3 atom stereocenters. The molecule has 4 rings (SSSR count). The van der Waals surface area contributed by atoms with Gasteiger partial charge >= 0.3 is 0 Å². The standard InChI is InChI=1S/C27H41NO3Si2/c1-26-15-13-23-22-12-10-21(30-32(3,4)5)19-20(22)9-11-24(23)25(26)14-16-27(26,17-18-28-29-2)31-33(6,7)8/h9-12,18-19,25H,13-17H2,1-8H3/b28-18+/t25-,26-,27?/m0/s1. The van der Waals surface area contributed by atoms with Crippen molar-refractivity contribution in [2.24, 2.45) is 10.6 Å². The number of fused-ring (bicyclic) bond motifs is 5. The number of nitrogens with zero attached hydrogens (tertiary/aromatic N) is 1. The van der Waals surface area contributed by atoms with Gasteiger partial charge in [-0.2, -0.15) is 0 Å². The zero-order chi connectivity index (χ0) is 24.1. The average molecular weight is 484 g/mol. The molecule has 0 aromatic heterocycles. The van der Waals surface area contributed by atoms with Crippen LogP contribution in [0.3, 0.4) is 0 Å². The molecule has 6 heteroatoms. The average Bonchev–Trinajstić information content (AvgIpc) is 2.97. The third-order valence-corrected chi connectivity index (χ3v) is 9.43. The summed E-state index contributed by atoms with van der Waals surface area (Å²) in [4.78, 5) is 5.01. The molecular formula is C27H41NO3Si2. The van der Waals surface area contributed by atoms with Crippen LogP contribution in [0.4, 0.5) is 0 Å². The molecule has 0 amide bonds. The summed E-state index contributed by atoms with van der Waals surface area (Å²) >= 11 is 0. The monoisotopic (exact) mass is 483 g/mol. The molecule has 2 aromatic carbocycles. The van der Waals surface area contributed by atoms with Crippen molar-refractivity contribution >= 4 is 33.6 Å². The molecule has 4 nitrogen and oxygen atoms in total. The summed E-state index contributed by atoms with van der Waals surface area (Å²) in [6.45, 7) is 16.1. The first-order valence-electron chi connectivity index (χ1n) is 12.4. The van der Waals surface area contributed by atoms with E-state index in [1.165, 1.54) is 21.9 Å². The van der Waals surface area contributed by atoms with Crippen molar-refractivity contribution in [1.82, 2.24) is 0 Å². The summed E-state index contributed by atoms with van der Waals surface area (Å²) in [6, 6.07) is 11.4. The Morgan fingerprint density at radius 1 is 1.03 bits per heavy atom. The Labute approximate surface area is 202 Å². The number of oxime groups is 1. The second kappa shape index (κ2) is 8.54. The molecule has 0 spiro atoms. The fourth-order valence-corrected chi connectivity index (χ4v) is 8.81. The van der Waals surface area contributed by atoms with Gasteiger partial charge in [0.1, 0.15) is 12.9 Å². The summed E-state index contributed by atoms with van der Waals surface area (Å²) in [5.74, 6) is 1.51. The Morgan fingerprint density at radius 2 is 1.79 bits per heavy atom. The molecule has 0 N–H and O–H groups in total. The number of hydrogen-bond donors (Lipinski definition) is 0. The number of benzene rings is 2. The van der Waals surface area contributed by atoms with Crippen LogP contribution >= 0.6 is 0 Å². The summed E-state index contributed by atoms with van der Waals surface area (Å²) in [6.07, 6.45) is 7.22. The van der Waals surface area contributed by atoms with Gasteiger partial charge in [0.05, 0.1) is 5.60 Å². The summed E-state index contributed by atoms with van der Waals surface area (Å²) in [5, 5.41) is 6.78. The normalized spacial score (nSPS) is 27.6. The van der Waals surface area contributed by atoms with Gasteiger partial charge in [-0.3, -0.25) is 0 Å². The van der Waals surface area contributed by atoms with Crippen molar-refractivity contribution in [3.63, 3.8) is 0 Å². The summed E-state index contributed by atoms with van der Waals surface area (Å²) in [5.41, 5.74) is 2.98. The minimum Gasteiger partial charge on any atom is -0.544 e. The Bertz CT molecular complexity index is 1060. The molecule has 1 fully saturated rings. The molecule has 0 heterocycles. The minimum atomic E-state index is -1.75. The highest BCUT2D eigenvalue weighted by molar-refractivity contribution is 6.70. The van der Waals surface area contributed by atoms with E-state index in [0.29, 0.717) is 5.92 Å². The summed E-state index contributed by atoms with van der Waals surface area (Å²) < 4.78 is 13.3. The van der Waals surface area contributed by atoms with E-state index in [1.54, 1.807) is 7.11 Å². The number of aryl methyl sites for hydroxylation is 1. The van der Waals surface area contributed by atoms with Crippen molar-refractivity contribution in [3.05, 3.63) is 41.5 Å². The molecule has 1 unspecified atom stereocenters. The van der Waals surface area contributed by atoms with Crippen LogP contribution < -0.4 is 4.43 Å². The van der Waals surface area contributed by atoms with E-state index in [2.05, 4.69) is 81.7 Å². The third kappa shape index (κ3) is 4.66. The van der Waals surface area contributed by atoms with E-state index in [0.717, 1.165) is 37.9 Å². The second-order valence-corrected chi connectivity index (χ2v) is 21.0. The van der Waals surface area contributed by atoms with Crippen LogP contribution in [0.2, 0.25) is 39.3 Å². The van der Waals surface area contributed by atoms with Crippen molar-refractivity contribution in [2.75, 3.05) is 7.11 Å². The maximum Gasteiger partial charge on any atom is 0.242 e. The summed E-state index contributed by atoms with van der Waals surface area (Å²) in [7, 11) is -1.76. The van der Waals surface area contributed by atoms with E-state index in [-0.39, 0.29) is 11.0 Å². The molecule has 2 aromatic rings. The van der Waals surface area contributed by atoms with Gasteiger partial charge in [0.2, 0.25) is 8.32 Å². The molecule has 2 aliphatic rings. The molecule has 180 valence electrons. The van der Waals surface area contributed by atoms with Gasteiger partial charge in [0.25, 0.3) is 0 Å². The predicted molar refractivity (Wildman–Crippen MR) is 144 cm³/mol. The van der Waals surface area contributed by atoms with Gasteiger partial charge in [-0.25, -0.2) is 0 Å². The first kappa shape index (κ1) is 24.5. The SMILES string of the molecule is CO/N=C/CC1(O[Si](C)(C)C)CC[C@H]2c3ccc4cc(O[Si](C)(C)C)ccc4c3CC[C@@]21C. The second-order valence-electron chi connectivity index (χ2n) is 12.1. The van der Waals surface area contributed by atoms with Crippen molar-refractivity contribution in [2.45, 2.75) is 89.8 Å². The molecule has 2 aliphatic carbocycles. The smallest absolute Gasteiger partial charge is 0.242 e. The Hall–Kier alpha value is -1.64. The van der Waals surface area contributed by atoms with E-state index in [9.17, 15) is 0 Å². The molecule has 0 saturated heterocycles. The highest BCUT2D eigenvalue weighted by Gasteiger charge is 2.60. The molecule has 0 aliphatic heterocycles. The van der Waals surface area contributed by atoms with Crippen LogP contribution in [0.15, 0.2) is 35.5 Å². The van der Waals surface area contributed by atoms with Crippen molar-refractivity contribution in [1.29, 1.82) is 0 Å². The molecule has 33 heavy (non-hydrogen) atoms. The lowest BCUT2D eigenvalue weighted by molar-refractivity contribution is -0.0428. The van der Waals surface area contributed by atoms with Crippen LogP contribution in [0, 0.1) is 5.41 Å². The van der Waals surface area contributed by atoms with E-state index in [1.807, 2.05) is 6.21 Å². The van der Waals surface area contributed by atoms with Crippen LogP contribution in [-0.2, 0) is 15.7 Å². The highest BCUT2D eigenvalue weighted by atomic mass is 28.4. The lowest BCUT2D eigenvalue weighted by atomic mass is 9.60. The first-order valence-corrected chi connectivity index (χ1v) is 19.2. The van der Waals surface area contributed by atoms with Crippen LogP contribution in [0.5, 0.6) is 5.75 Å². The quantitative estimate of drug-likeness (QED) is 0.232. The minimum absolute atomic E-state index is 0.0919. The van der Waals surface area contributed by atoms with Crippen molar-refractivity contribution < 1.29 is 13.7 Å². The molecule has 0 bridgehead atoms. The largest absolute Gasteiger partial charge is 0.544 e. The van der Waals surface area contributed by atoms with E-state index >= 15 is 0 Å². The van der Waals surface area contributed by atoms with Gasteiger partial charge in [-0.1, -0.05) is 30.3 Å². The van der Waals surface area contributed by atoms with Gasteiger partial charge in [0.15, 0.2) is 8.32 Å². The van der Waals surface area contributed by atoms with Gasteiger partial charge in [-0.05, 0) is 105 Å². The Morgan fingerprint density at radius 3 is 2.45 bits per heavy atom. The van der Waals surface area contributed by atoms with Crippen molar-refractivity contribution in [3.8, 4) is 5.75 Å². The highest BCUT2D eigenvalue weighted by Crippen LogP contribution is 2.63. The van der Waals surface area contributed by atoms with Crippen LogP contribution in [0.25, 0.3) is 10.8 Å².